The van der Waals surface area contributed by atoms with E-state index in [1.807, 2.05) is 47.0 Å². The van der Waals surface area contributed by atoms with E-state index < -0.39 is 6.09 Å². The van der Waals surface area contributed by atoms with E-state index >= 15 is 0 Å². The molecule has 0 spiro atoms. The van der Waals surface area contributed by atoms with E-state index in [0.29, 0.717) is 17.9 Å². The zero-order valence-corrected chi connectivity index (χ0v) is 17.4. The van der Waals surface area contributed by atoms with Gasteiger partial charge in [-0.3, -0.25) is 15.4 Å². The summed E-state index contributed by atoms with van der Waals surface area (Å²) in [5.74, 6) is -0.150. The summed E-state index contributed by atoms with van der Waals surface area (Å²) < 4.78 is 1.88. The Bertz CT molecular complexity index is 1490. The molecule has 5 rings (SSSR count). The molecule has 3 aromatic carbocycles. The summed E-state index contributed by atoms with van der Waals surface area (Å²) in [6.07, 6.45) is 1.96. The van der Waals surface area contributed by atoms with Crippen LogP contribution < -0.4 is 10.6 Å². The summed E-state index contributed by atoms with van der Waals surface area (Å²) in [7, 11) is 0. The molecule has 2 aromatic heterocycles. The van der Waals surface area contributed by atoms with E-state index in [9.17, 15) is 9.59 Å². The van der Waals surface area contributed by atoms with E-state index in [1.165, 1.54) is 0 Å². The Labute approximate surface area is 188 Å². The van der Waals surface area contributed by atoms with Crippen LogP contribution in [0.1, 0.15) is 16.1 Å². The highest BCUT2D eigenvalue weighted by Gasteiger charge is 2.18. The number of aromatic nitrogens is 3. The van der Waals surface area contributed by atoms with Crippen molar-refractivity contribution >= 4 is 45.3 Å². The van der Waals surface area contributed by atoms with Crippen molar-refractivity contribution in [2.75, 3.05) is 10.6 Å². The van der Waals surface area contributed by atoms with Gasteiger partial charge in [0, 0.05) is 30.0 Å². The highest BCUT2D eigenvalue weighted by molar-refractivity contribution is 6.06. The predicted molar refractivity (Wildman–Crippen MR) is 127 cm³/mol. The summed E-state index contributed by atoms with van der Waals surface area (Å²) in [5.41, 5.74) is 2.60. The Morgan fingerprint density at radius 2 is 1.64 bits per heavy atom. The van der Waals surface area contributed by atoms with Crippen molar-refractivity contribution < 1.29 is 14.7 Å². The molecule has 0 atom stereocenters. The first-order valence-electron chi connectivity index (χ1n) is 10.3. The molecule has 162 valence electrons. The van der Waals surface area contributed by atoms with Crippen LogP contribution in [0.3, 0.4) is 0 Å². The van der Waals surface area contributed by atoms with Gasteiger partial charge < -0.3 is 9.67 Å². The SMILES string of the molecule is O=C(O)Nc1ccc2cc(C(=O)Nc3ncccn3)n(Cc3cccc4ccccc34)c2c1. The van der Waals surface area contributed by atoms with Crippen molar-refractivity contribution in [3.63, 3.8) is 0 Å². The summed E-state index contributed by atoms with van der Waals surface area (Å²) >= 11 is 0. The number of nitrogens with one attached hydrogen (secondary N) is 2. The number of fused-ring (bicyclic) bond motifs is 2. The van der Waals surface area contributed by atoms with Crippen molar-refractivity contribution in [1.82, 2.24) is 14.5 Å². The minimum absolute atomic E-state index is 0.206. The van der Waals surface area contributed by atoms with Crippen LogP contribution in [0.5, 0.6) is 0 Å². The fourth-order valence-electron chi connectivity index (χ4n) is 3.94. The minimum atomic E-state index is -1.15. The Kier molecular flexibility index (Phi) is 5.16. The molecule has 0 radical (unpaired) electrons. The molecule has 2 heterocycles. The number of benzene rings is 3. The molecule has 5 aromatic rings. The van der Waals surface area contributed by atoms with Gasteiger partial charge in [-0.2, -0.15) is 0 Å². The second kappa shape index (κ2) is 8.43. The predicted octanol–water partition coefficient (Wildman–Crippen LogP) is 4.98. The fourth-order valence-corrected chi connectivity index (χ4v) is 3.94. The Hall–Kier alpha value is -4.72. The first-order chi connectivity index (χ1) is 16.1. The van der Waals surface area contributed by atoms with Crippen molar-refractivity contribution in [2.24, 2.45) is 0 Å². The molecular weight excluding hydrogens is 418 g/mol. The number of rotatable bonds is 5. The number of nitrogens with zero attached hydrogens (tertiary/aromatic N) is 3. The second-order valence-electron chi connectivity index (χ2n) is 7.48. The average Bonchev–Trinajstić information content (AvgIpc) is 3.17. The van der Waals surface area contributed by atoms with Gasteiger partial charge in [0.05, 0.1) is 5.52 Å². The van der Waals surface area contributed by atoms with Crippen LogP contribution in [0.15, 0.2) is 85.2 Å². The molecule has 2 amide bonds. The lowest BCUT2D eigenvalue weighted by molar-refractivity contribution is 0.101. The molecule has 0 unspecified atom stereocenters. The number of hydrogen-bond acceptors (Lipinski definition) is 4. The van der Waals surface area contributed by atoms with Gasteiger partial charge in [0.15, 0.2) is 0 Å². The molecule has 0 aliphatic heterocycles. The maximum atomic E-state index is 13.2. The van der Waals surface area contributed by atoms with Crippen molar-refractivity contribution in [2.45, 2.75) is 6.54 Å². The first-order valence-corrected chi connectivity index (χ1v) is 10.3. The molecule has 8 heteroatoms. The van der Waals surface area contributed by atoms with Crippen LogP contribution in [0.2, 0.25) is 0 Å². The third-order valence-electron chi connectivity index (χ3n) is 5.39. The van der Waals surface area contributed by atoms with Gasteiger partial charge >= 0.3 is 6.09 Å². The van der Waals surface area contributed by atoms with E-state index in [0.717, 1.165) is 27.2 Å². The summed E-state index contributed by atoms with van der Waals surface area (Å²) in [6, 6.07) is 22.7. The number of carbonyl (C=O) groups excluding carboxylic acids is 1. The summed E-state index contributed by atoms with van der Waals surface area (Å²) in [6.45, 7) is 0.416. The second-order valence-corrected chi connectivity index (χ2v) is 7.48. The van der Waals surface area contributed by atoms with Crippen molar-refractivity contribution in [1.29, 1.82) is 0 Å². The van der Waals surface area contributed by atoms with Crippen LogP contribution in [0, 0.1) is 0 Å². The Balaban J connectivity index is 1.63. The highest BCUT2D eigenvalue weighted by Crippen LogP contribution is 2.27. The normalized spacial score (nSPS) is 10.9. The number of amides is 2. The summed E-state index contributed by atoms with van der Waals surface area (Å²) in [4.78, 5) is 32.5. The van der Waals surface area contributed by atoms with Gasteiger partial charge in [0.1, 0.15) is 5.69 Å². The average molecular weight is 437 g/mol. The van der Waals surface area contributed by atoms with Gasteiger partial charge in [0.25, 0.3) is 5.91 Å². The maximum absolute atomic E-state index is 13.2. The molecule has 0 aliphatic rings. The van der Waals surface area contributed by atoms with Gasteiger partial charge in [-0.1, -0.05) is 48.5 Å². The molecule has 3 N–H and O–H groups in total. The molecule has 0 aliphatic carbocycles. The summed E-state index contributed by atoms with van der Waals surface area (Å²) in [5, 5.41) is 17.2. The third kappa shape index (κ3) is 4.09. The number of hydrogen-bond donors (Lipinski definition) is 3. The maximum Gasteiger partial charge on any atom is 0.409 e. The largest absolute Gasteiger partial charge is 0.465 e. The Morgan fingerprint density at radius 3 is 2.45 bits per heavy atom. The number of carbonyl (C=O) groups is 2. The molecule has 0 saturated heterocycles. The molecule has 33 heavy (non-hydrogen) atoms. The van der Waals surface area contributed by atoms with Crippen LogP contribution in [-0.2, 0) is 6.54 Å². The van der Waals surface area contributed by atoms with Crippen molar-refractivity contribution in [3.8, 4) is 0 Å². The van der Waals surface area contributed by atoms with Crippen LogP contribution in [0.4, 0.5) is 16.4 Å². The minimum Gasteiger partial charge on any atom is -0.465 e. The van der Waals surface area contributed by atoms with E-state index in [4.69, 9.17) is 5.11 Å². The monoisotopic (exact) mass is 437 g/mol. The molecule has 0 saturated carbocycles. The van der Waals surface area contributed by atoms with Gasteiger partial charge in [-0.15, -0.1) is 0 Å². The lowest BCUT2D eigenvalue weighted by Gasteiger charge is -2.13. The van der Waals surface area contributed by atoms with Crippen LogP contribution in [-0.4, -0.2) is 31.6 Å². The number of anilines is 2. The topological polar surface area (TPSA) is 109 Å². The van der Waals surface area contributed by atoms with Crippen LogP contribution in [0.25, 0.3) is 21.7 Å². The molecule has 8 nitrogen and oxygen atoms in total. The molecule has 0 fully saturated rings. The number of carboxylic acid groups (broad SMARTS) is 1. The van der Waals surface area contributed by atoms with E-state index in [-0.39, 0.29) is 11.9 Å². The van der Waals surface area contributed by atoms with Crippen molar-refractivity contribution in [3.05, 3.63) is 96.4 Å². The lowest BCUT2D eigenvalue weighted by atomic mass is 10.0. The van der Waals surface area contributed by atoms with E-state index in [2.05, 4.69) is 20.6 Å². The quantitative estimate of drug-likeness (QED) is 0.359. The van der Waals surface area contributed by atoms with Gasteiger partial charge in [-0.25, -0.2) is 14.8 Å². The van der Waals surface area contributed by atoms with Crippen LogP contribution >= 0.6 is 0 Å². The molecular formula is C25H19N5O3. The van der Waals surface area contributed by atoms with Gasteiger partial charge in [0.2, 0.25) is 5.95 Å². The zero-order valence-electron chi connectivity index (χ0n) is 17.4. The van der Waals surface area contributed by atoms with Gasteiger partial charge in [-0.05, 0) is 40.6 Å². The molecule has 0 bridgehead atoms. The first kappa shape index (κ1) is 20.2. The standard InChI is InChI=1S/C25H19N5O3/c31-23(29-24-26-11-4-12-27-24)22-13-17-9-10-19(28-25(32)33)14-21(17)30(22)15-18-7-3-6-16-5-1-2-8-20(16)18/h1-14,28H,15H2,(H,32,33)(H,26,27,29,31). The highest BCUT2D eigenvalue weighted by atomic mass is 16.4. The lowest BCUT2D eigenvalue weighted by Crippen LogP contribution is -2.19. The fraction of sp³-hybridized carbons (Fsp3) is 0.0400. The Morgan fingerprint density at radius 1 is 0.848 bits per heavy atom. The van der Waals surface area contributed by atoms with E-state index in [1.54, 1.807) is 42.7 Å². The smallest absolute Gasteiger partial charge is 0.409 e. The zero-order chi connectivity index (χ0) is 22.8. The third-order valence-corrected chi connectivity index (χ3v) is 5.39.